The summed E-state index contributed by atoms with van der Waals surface area (Å²) in [5.41, 5.74) is 11.9. The van der Waals surface area contributed by atoms with Crippen molar-refractivity contribution in [1.82, 2.24) is 25.2 Å². The Balaban J connectivity index is 1.15. The summed E-state index contributed by atoms with van der Waals surface area (Å²) < 4.78 is 11.4. The van der Waals surface area contributed by atoms with Crippen LogP contribution in [0.5, 0.6) is 11.5 Å². The quantitative estimate of drug-likeness (QED) is 0.436. The van der Waals surface area contributed by atoms with Gasteiger partial charge in [0.1, 0.15) is 23.6 Å². The molecule has 2 atom stereocenters. The highest BCUT2D eigenvalue weighted by Gasteiger charge is 2.38. The molecule has 3 aliphatic rings. The van der Waals surface area contributed by atoms with Crippen LogP contribution in [-0.4, -0.2) is 77.7 Å². The number of anilines is 2. The number of fused-ring (bicyclic) bond motifs is 1. The highest BCUT2D eigenvalue weighted by Crippen LogP contribution is 2.40. The predicted octanol–water partition coefficient (Wildman–Crippen LogP) is 3.14. The van der Waals surface area contributed by atoms with Gasteiger partial charge in [-0.2, -0.15) is 0 Å². The van der Waals surface area contributed by atoms with Crippen LogP contribution in [0.3, 0.4) is 0 Å². The molecule has 1 amide bonds. The number of hydrogen-bond acceptors (Lipinski definition) is 9. The number of morpholine rings is 1. The largest absolute Gasteiger partial charge is 0.457 e. The average Bonchev–Trinajstić information content (AvgIpc) is 3.40. The minimum Gasteiger partial charge on any atom is -0.457 e. The van der Waals surface area contributed by atoms with Crippen molar-refractivity contribution in [3.8, 4) is 11.5 Å². The molecule has 0 saturated carbocycles. The van der Waals surface area contributed by atoms with E-state index in [1.165, 1.54) is 6.33 Å². The summed E-state index contributed by atoms with van der Waals surface area (Å²) in [6.07, 6.45) is 7.04. The summed E-state index contributed by atoms with van der Waals surface area (Å²) in [7, 11) is 0. The molecule has 2 aromatic carbocycles. The van der Waals surface area contributed by atoms with E-state index in [1.54, 1.807) is 6.08 Å². The van der Waals surface area contributed by atoms with Crippen molar-refractivity contribution < 1.29 is 14.3 Å². The first kappa shape index (κ1) is 26.2. The van der Waals surface area contributed by atoms with Gasteiger partial charge in [-0.15, -0.1) is 0 Å². The second kappa shape index (κ2) is 12.0. The third kappa shape index (κ3) is 5.79. The number of hydrogen-bond donors (Lipinski definition) is 2. The fourth-order valence-corrected chi connectivity index (χ4v) is 5.56. The number of aromatic nitrogens is 2. The fraction of sp³-hybridized carbons (Fsp3) is 0.367. The summed E-state index contributed by atoms with van der Waals surface area (Å²) in [6, 6.07) is 17.5. The number of para-hydroxylation sites is 1. The molecule has 2 fully saturated rings. The normalized spacial score (nSPS) is 21.5. The second-order valence-electron chi connectivity index (χ2n) is 10.3. The second-order valence-corrected chi connectivity index (χ2v) is 10.3. The van der Waals surface area contributed by atoms with E-state index in [2.05, 4.69) is 25.3 Å². The van der Waals surface area contributed by atoms with Crippen LogP contribution in [0.15, 0.2) is 73.1 Å². The number of amides is 1. The molecule has 0 radical (unpaired) electrons. The maximum atomic E-state index is 13.0. The van der Waals surface area contributed by atoms with Crippen LogP contribution in [0, 0.1) is 0 Å². The lowest BCUT2D eigenvalue weighted by Gasteiger charge is -2.38. The Hall–Kier alpha value is -3.99. The van der Waals surface area contributed by atoms with Crippen molar-refractivity contribution in [2.75, 3.05) is 56.7 Å². The number of carbonyl (C=O) groups excluding carboxylic acids is 1. The summed E-state index contributed by atoms with van der Waals surface area (Å²) in [4.78, 5) is 26.2. The van der Waals surface area contributed by atoms with Gasteiger partial charge >= 0.3 is 0 Å². The first-order valence-electron chi connectivity index (χ1n) is 13.9. The number of ether oxygens (including phenoxy) is 2. The van der Waals surface area contributed by atoms with Gasteiger partial charge in [-0.1, -0.05) is 36.4 Å². The zero-order valence-electron chi connectivity index (χ0n) is 22.5. The Morgan fingerprint density at radius 2 is 1.82 bits per heavy atom. The molecule has 1 unspecified atom stereocenters. The van der Waals surface area contributed by atoms with Gasteiger partial charge in [-0.25, -0.2) is 15.4 Å². The van der Waals surface area contributed by atoms with Crippen molar-refractivity contribution in [3.63, 3.8) is 0 Å². The van der Waals surface area contributed by atoms with E-state index in [0.717, 1.165) is 80.7 Å². The molecule has 40 heavy (non-hydrogen) atoms. The molecule has 4 heterocycles. The molecular formula is C30H35N7O3. The zero-order valence-corrected chi connectivity index (χ0v) is 22.5. The molecular weight excluding hydrogens is 506 g/mol. The molecule has 10 nitrogen and oxygen atoms in total. The van der Waals surface area contributed by atoms with Gasteiger partial charge in [0.25, 0.3) is 0 Å². The highest BCUT2D eigenvalue weighted by molar-refractivity contribution is 5.87. The lowest BCUT2D eigenvalue weighted by Crippen LogP contribution is -2.53. The molecule has 2 saturated heterocycles. The number of piperidine rings is 1. The molecule has 3 aliphatic heterocycles. The average molecular weight is 542 g/mol. The number of nitrogens with one attached hydrogen (secondary N) is 1. The van der Waals surface area contributed by atoms with E-state index >= 15 is 0 Å². The molecule has 3 N–H and O–H groups in total. The fourth-order valence-electron chi connectivity index (χ4n) is 5.56. The maximum absolute atomic E-state index is 13.0. The zero-order chi connectivity index (χ0) is 27.3. The minimum absolute atomic E-state index is 0.0464. The maximum Gasteiger partial charge on any atom is 0.246 e. The molecule has 10 heteroatoms. The molecule has 208 valence electrons. The first-order valence-corrected chi connectivity index (χ1v) is 13.9. The van der Waals surface area contributed by atoms with Gasteiger partial charge in [-0.05, 0) is 42.7 Å². The lowest BCUT2D eigenvalue weighted by atomic mass is 10.0. The van der Waals surface area contributed by atoms with E-state index in [-0.39, 0.29) is 18.0 Å². The smallest absolute Gasteiger partial charge is 0.246 e. The highest BCUT2D eigenvalue weighted by atomic mass is 16.5. The molecule has 0 bridgehead atoms. The third-order valence-electron chi connectivity index (χ3n) is 7.67. The number of rotatable bonds is 7. The van der Waals surface area contributed by atoms with Crippen LogP contribution in [0.2, 0.25) is 0 Å². The van der Waals surface area contributed by atoms with Crippen LogP contribution in [0.1, 0.15) is 30.0 Å². The van der Waals surface area contributed by atoms with E-state index in [0.29, 0.717) is 12.4 Å². The van der Waals surface area contributed by atoms with Crippen molar-refractivity contribution in [2.24, 2.45) is 0 Å². The molecule has 3 aromatic rings. The Labute approximate surface area is 234 Å². The lowest BCUT2D eigenvalue weighted by molar-refractivity contribution is -0.127. The number of carbonyl (C=O) groups is 1. The van der Waals surface area contributed by atoms with Gasteiger partial charge in [-0.3, -0.25) is 14.7 Å². The molecule has 0 spiro atoms. The van der Waals surface area contributed by atoms with E-state index in [9.17, 15) is 4.79 Å². The van der Waals surface area contributed by atoms with Gasteiger partial charge in [0, 0.05) is 38.8 Å². The number of hydrazine groups is 1. The SMILES string of the molecule is Nc1ncnc2c1C(c1ccc(Oc3ccccc3)cc1)NN2[C@@H]1CCCN(C(=O)/C=C/CN2CCOCC2)C1. The Kier molecular flexibility index (Phi) is 7.90. The van der Waals surface area contributed by atoms with Gasteiger partial charge < -0.3 is 20.1 Å². The molecule has 6 rings (SSSR count). The Morgan fingerprint density at radius 3 is 2.62 bits per heavy atom. The molecule has 1 aromatic heterocycles. The Morgan fingerprint density at radius 1 is 1.05 bits per heavy atom. The third-order valence-corrected chi connectivity index (χ3v) is 7.67. The van der Waals surface area contributed by atoms with E-state index in [4.69, 9.17) is 15.2 Å². The van der Waals surface area contributed by atoms with Gasteiger partial charge in [0.15, 0.2) is 5.82 Å². The number of nitrogens with zero attached hydrogens (tertiary/aromatic N) is 5. The summed E-state index contributed by atoms with van der Waals surface area (Å²) in [5.74, 6) is 2.81. The van der Waals surface area contributed by atoms with Crippen molar-refractivity contribution in [3.05, 3.63) is 84.2 Å². The number of likely N-dealkylation sites (tertiary alicyclic amines) is 1. The number of nitrogen functional groups attached to an aromatic ring is 1. The first-order chi connectivity index (χ1) is 19.7. The predicted molar refractivity (Wildman–Crippen MR) is 153 cm³/mol. The van der Waals surface area contributed by atoms with Crippen LogP contribution in [0.4, 0.5) is 11.6 Å². The van der Waals surface area contributed by atoms with Crippen LogP contribution in [-0.2, 0) is 9.53 Å². The summed E-state index contributed by atoms with van der Waals surface area (Å²) in [5, 5.41) is 2.09. The van der Waals surface area contributed by atoms with Crippen LogP contribution < -0.4 is 20.9 Å². The standard InChI is InChI=1S/C30H35N7O3/c31-29-27-28(22-10-12-25(13-11-22)40-24-7-2-1-3-8-24)34-37(30(27)33-21-32-29)23-6-4-15-36(20-23)26(38)9-5-14-35-16-18-39-19-17-35/h1-3,5,7-13,21,23,28,34H,4,6,14-20H2,(H2,31,32,33)/b9-5+/t23-,28?/m1/s1. The molecule has 0 aliphatic carbocycles. The van der Waals surface area contributed by atoms with E-state index in [1.807, 2.05) is 65.6 Å². The summed E-state index contributed by atoms with van der Waals surface area (Å²) in [6.45, 7) is 5.42. The van der Waals surface area contributed by atoms with Crippen molar-refractivity contribution >= 4 is 17.5 Å². The Bertz CT molecular complexity index is 1330. The number of benzene rings is 2. The van der Waals surface area contributed by atoms with Crippen molar-refractivity contribution in [2.45, 2.75) is 24.9 Å². The topological polar surface area (TPSA) is 109 Å². The van der Waals surface area contributed by atoms with Crippen molar-refractivity contribution in [1.29, 1.82) is 0 Å². The summed E-state index contributed by atoms with van der Waals surface area (Å²) >= 11 is 0. The monoisotopic (exact) mass is 541 g/mol. The van der Waals surface area contributed by atoms with Gasteiger partial charge in [0.2, 0.25) is 5.91 Å². The van der Waals surface area contributed by atoms with Crippen LogP contribution >= 0.6 is 0 Å². The van der Waals surface area contributed by atoms with Gasteiger partial charge in [0.05, 0.1) is 30.9 Å². The van der Waals surface area contributed by atoms with Crippen LogP contribution in [0.25, 0.3) is 0 Å². The van der Waals surface area contributed by atoms with E-state index < -0.39 is 0 Å². The number of nitrogens with two attached hydrogens (primary N) is 1. The minimum atomic E-state index is -0.207.